The number of phenols is 1. The van der Waals surface area contributed by atoms with Crippen molar-refractivity contribution in [2.45, 2.75) is 20.3 Å². The predicted octanol–water partition coefficient (Wildman–Crippen LogP) is 4.52. The first-order valence-corrected chi connectivity index (χ1v) is 5.80. The molecule has 1 N–H and O–H groups in total. The zero-order chi connectivity index (χ0) is 11.3. The predicted molar refractivity (Wildman–Crippen MR) is 68.9 cm³/mol. The summed E-state index contributed by atoms with van der Waals surface area (Å²) in [6.45, 7) is 4.05. The van der Waals surface area contributed by atoms with E-state index in [4.69, 9.17) is 0 Å². The van der Waals surface area contributed by atoms with Crippen LogP contribution in [0.5, 0.6) is 5.75 Å². The Morgan fingerprint density at radius 1 is 1.47 bits per heavy atom. The molecule has 0 heterocycles. The molecule has 0 amide bonds. The third-order valence-corrected chi connectivity index (χ3v) is 2.71. The second-order valence-corrected chi connectivity index (χ2v) is 4.06. The molecule has 0 saturated heterocycles. The van der Waals surface area contributed by atoms with E-state index in [1.165, 1.54) is 0 Å². The average Bonchev–Trinajstić information content (AvgIpc) is 2.22. The smallest absolute Gasteiger partial charge is 0.137 e. The van der Waals surface area contributed by atoms with Crippen molar-refractivity contribution in [1.29, 1.82) is 0 Å². The van der Waals surface area contributed by atoms with Crippen LogP contribution in [0, 0.1) is 0 Å². The molecule has 0 aliphatic carbocycles. The third kappa shape index (κ3) is 2.96. The van der Waals surface area contributed by atoms with Gasteiger partial charge in [-0.3, -0.25) is 0 Å². The molecule has 1 nitrogen and oxygen atoms in total. The molecular formula is C13H15BrO. The fourth-order valence-corrected chi connectivity index (χ4v) is 1.78. The van der Waals surface area contributed by atoms with Gasteiger partial charge in [-0.15, -0.1) is 0 Å². The number of halogens is 1. The number of para-hydroxylation sites is 1. The topological polar surface area (TPSA) is 20.2 Å². The summed E-state index contributed by atoms with van der Waals surface area (Å²) >= 11 is 3.32. The zero-order valence-electron chi connectivity index (χ0n) is 9.00. The molecule has 0 aliphatic rings. The Kier molecular flexibility index (Phi) is 4.63. The van der Waals surface area contributed by atoms with Gasteiger partial charge < -0.3 is 5.11 Å². The van der Waals surface area contributed by atoms with Crippen molar-refractivity contribution < 1.29 is 5.11 Å². The van der Waals surface area contributed by atoms with Crippen molar-refractivity contribution in [1.82, 2.24) is 0 Å². The minimum absolute atomic E-state index is 0.301. The highest BCUT2D eigenvalue weighted by Crippen LogP contribution is 2.32. The molecule has 0 saturated carbocycles. The van der Waals surface area contributed by atoms with Crippen LogP contribution >= 0.6 is 15.9 Å². The maximum absolute atomic E-state index is 9.90. The minimum atomic E-state index is 0.301. The number of allylic oxidation sites excluding steroid dienone is 4. The number of rotatable bonds is 3. The van der Waals surface area contributed by atoms with Crippen LogP contribution < -0.4 is 0 Å². The normalized spacial score (nSPS) is 12.3. The first-order chi connectivity index (χ1) is 7.20. The lowest BCUT2D eigenvalue weighted by molar-refractivity contribution is 0.470. The lowest BCUT2D eigenvalue weighted by Gasteiger charge is -2.07. The van der Waals surface area contributed by atoms with Crippen LogP contribution in [0.1, 0.15) is 25.8 Å². The van der Waals surface area contributed by atoms with Crippen molar-refractivity contribution in [2.24, 2.45) is 0 Å². The highest BCUT2D eigenvalue weighted by Gasteiger charge is 2.06. The van der Waals surface area contributed by atoms with Crippen LogP contribution in [0.4, 0.5) is 0 Å². The van der Waals surface area contributed by atoms with Crippen LogP contribution in [-0.2, 0) is 0 Å². The summed E-state index contributed by atoms with van der Waals surface area (Å²) in [5, 5.41) is 9.90. The molecule has 15 heavy (non-hydrogen) atoms. The number of aromatic hydroxyl groups is 1. The summed E-state index contributed by atoms with van der Waals surface area (Å²) in [4.78, 5) is 0. The van der Waals surface area contributed by atoms with Gasteiger partial charge in [0.15, 0.2) is 0 Å². The second kappa shape index (κ2) is 5.76. The summed E-state index contributed by atoms with van der Waals surface area (Å²) in [6, 6.07) is 5.67. The maximum Gasteiger partial charge on any atom is 0.137 e. The van der Waals surface area contributed by atoms with Gasteiger partial charge in [0.05, 0.1) is 4.47 Å². The quantitative estimate of drug-likeness (QED) is 0.798. The van der Waals surface area contributed by atoms with Crippen LogP contribution in [0.2, 0.25) is 0 Å². The Hall–Kier alpha value is -1.02. The zero-order valence-corrected chi connectivity index (χ0v) is 10.6. The molecule has 0 radical (unpaired) electrons. The van der Waals surface area contributed by atoms with Crippen molar-refractivity contribution in [2.75, 3.05) is 0 Å². The van der Waals surface area contributed by atoms with Crippen LogP contribution in [0.25, 0.3) is 5.57 Å². The maximum atomic E-state index is 9.90. The SMILES string of the molecule is C/C=C\C(=C/CC)c1cccc(Br)c1O. The van der Waals surface area contributed by atoms with Gasteiger partial charge in [-0.2, -0.15) is 0 Å². The monoisotopic (exact) mass is 266 g/mol. The van der Waals surface area contributed by atoms with Crippen molar-refractivity contribution in [3.05, 3.63) is 46.5 Å². The number of hydrogen-bond donors (Lipinski definition) is 1. The van der Waals surface area contributed by atoms with E-state index >= 15 is 0 Å². The molecule has 1 aromatic rings. The van der Waals surface area contributed by atoms with E-state index in [1.54, 1.807) is 0 Å². The van der Waals surface area contributed by atoms with Gasteiger partial charge in [-0.1, -0.05) is 37.3 Å². The van der Waals surface area contributed by atoms with E-state index in [0.29, 0.717) is 5.75 Å². The Bertz CT molecular complexity index is 392. The largest absolute Gasteiger partial charge is 0.506 e. The Morgan fingerprint density at radius 2 is 2.20 bits per heavy atom. The van der Waals surface area contributed by atoms with Gasteiger partial charge in [-0.05, 0) is 40.9 Å². The highest BCUT2D eigenvalue weighted by molar-refractivity contribution is 9.10. The summed E-state index contributed by atoms with van der Waals surface area (Å²) in [6.07, 6.45) is 7.03. The average molecular weight is 267 g/mol. The van der Waals surface area contributed by atoms with E-state index < -0.39 is 0 Å². The van der Waals surface area contributed by atoms with Crippen LogP contribution in [-0.4, -0.2) is 5.11 Å². The summed E-state index contributed by atoms with van der Waals surface area (Å²) in [5.74, 6) is 0.301. The van der Waals surface area contributed by atoms with Gasteiger partial charge in [-0.25, -0.2) is 0 Å². The van der Waals surface area contributed by atoms with Crippen molar-refractivity contribution in [3.63, 3.8) is 0 Å². The molecule has 0 fully saturated rings. The Morgan fingerprint density at radius 3 is 2.80 bits per heavy atom. The fraction of sp³-hybridized carbons (Fsp3) is 0.231. The van der Waals surface area contributed by atoms with E-state index in [1.807, 2.05) is 37.3 Å². The molecule has 0 unspecified atom stereocenters. The molecule has 0 atom stereocenters. The summed E-state index contributed by atoms with van der Waals surface area (Å²) in [5.41, 5.74) is 1.92. The first kappa shape index (κ1) is 12.1. The Balaban J connectivity index is 3.23. The number of hydrogen-bond acceptors (Lipinski definition) is 1. The molecule has 0 aliphatic heterocycles. The van der Waals surface area contributed by atoms with Gasteiger partial charge >= 0.3 is 0 Å². The van der Waals surface area contributed by atoms with Gasteiger partial charge in [0, 0.05) is 5.56 Å². The molecule has 80 valence electrons. The van der Waals surface area contributed by atoms with E-state index in [-0.39, 0.29) is 0 Å². The standard InChI is InChI=1S/C13H15BrO/c1-3-6-10(7-4-2)11-8-5-9-12(14)13(11)15/h3,5-9,15H,4H2,1-2H3/b6-3-,10-7+. The minimum Gasteiger partial charge on any atom is -0.506 e. The molecule has 0 spiro atoms. The number of phenolic OH excluding ortho intramolecular Hbond substituents is 1. The van der Waals surface area contributed by atoms with Gasteiger partial charge in [0.25, 0.3) is 0 Å². The first-order valence-electron chi connectivity index (χ1n) is 5.01. The summed E-state index contributed by atoms with van der Waals surface area (Å²) < 4.78 is 0.728. The van der Waals surface area contributed by atoms with E-state index in [2.05, 4.69) is 28.9 Å². The van der Waals surface area contributed by atoms with Crippen LogP contribution in [0.15, 0.2) is 40.9 Å². The van der Waals surface area contributed by atoms with Gasteiger partial charge in [0.1, 0.15) is 5.75 Å². The lowest BCUT2D eigenvalue weighted by Crippen LogP contribution is -1.83. The molecule has 0 bridgehead atoms. The molecule has 1 aromatic carbocycles. The highest BCUT2D eigenvalue weighted by atomic mass is 79.9. The van der Waals surface area contributed by atoms with Crippen molar-refractivity contribution >= 4 is 21.5 Å². The van der Waals surface area contributed by atoms with Crippen molar-refractivity contribution in [3.8, 4) is 5.75 Å². The third-order valence-electron chi connectivity index (χ3n) is 2.07. The van der Waals surface area contributed by atoms with Crippen LogP contribution in [0.3, 0.4) is 0 Å². The fourth-order valence-electron chi connectivity index (χ4n) is 1.42. The van der Waals surface area contributed by atoms with Gasteiger partial charge in [0.2, 0.25) is 0 Å². The molecular weight excluding hydrogens is 252 g/mol. The Labute approximate surface area is 99.3 Å². The molecule has 1 rings (SSSR count). The second-order valence-electron chi connectivity index (χ2n) is 3.20. The molecule has 2 heteroatoms. The number of benzene rings is 1. The van der Waals surface area contributed by atoms with E-state index in [0.717, 1.165) is 22.0 Å². The summed E-state index contributed by atoms with van der Waals surface area (Å²) in [7, 11) is 0. The molecule has 0 aromatic heterocycles. The lowest BCUT2D eigenvalue weighted by atomic mass is 10.0. The van der Waals surface area contributed by atoms with E-state index in [9.17, 15) is 5.11 Å².